The van der Waals surface area contributed by atoms with Crippen LogP contribution in [0.5, 0.6) is 11.5 Å². The predicted molar refractivity (Wildman–Crippen MR) is 100 cm³/mol. The van der Waals surface area contributed by atoms with E-state index in [2.05, 4.69) is 26.8 Å². The van der Waals surface area contributed by atoms with Gasteiger partial charge in [0.05, 0.1) is 25.4 Å². The van der Waals surface area contributed by atoms with Gasteiger partial charge in [-0.1, -0.05) is 12.1 Å². The van der Waals surface area contributed by atoms with Crippen LogP contribution in [0.25, 0.3) is 0 Å². The molecule has 148 valence electrons. The van der Waals surface area contributed by atoms with E-state index in [1.165, 1.54) is 0 Å². The molecule has 0 bridgehead atoms. The van der Waals surface area contributed by atoms with Crippen molar-refractivity contribution in [1.29, 1.82) is 0 Å². The molecular formula is C21H29NO5. The Morgan fingerprint density at radius 2 is 2.04 bits per heavy atom. The van der Waals surface area contributed by atoms with E-state index in [0.717, 1.165) is 18.4 Å². The molecule has 0 spiro atoms. The summed E-state index contributed by atoms with van der Waals surface area (Å²) in [6.45, 7) is 8.77. The van der Waals surface area contributed by atoms with Crippen LogP contribution in [-0.4, -0.2) is 55.4 Å². The normalized spacial score (nSPS) is 29.3. The van der Waals surface area contributed by atoms with Crippen LogP contribution >= 0.6 is 0 Å². The monoisotopic (exact) mass is 375 g/mol. The Bertz CT molecular complexity index is 698. The van der Waals surface area contributed by atoms with Crippen LogP contribution in [-0.2, 0) is 14.3 Å². The molecule has 6 heteroatoms. The van der Waals surface area contributed by atoms with Crippen molar-refractivity contribution in [3.63, 3.8) is 0 Å². The van der Waals surface area contributed by atoms with E-state index >= 15 is 0 Å². The van der Waals surface area contributed by atoms with Gasteiger partial charge in [-0.2, -0.15) is 0 Å². The van der Waals surface area contributed by atoms with Crippen LogP contribution in [0.15, 0.2) is 18.2 Å². The summed E-state index contributed by atoms with van der Waals surface area (Å²) in [5.74, 6) is 1.62. The zero-order chi connectivity index (χ0) is 19.0. The molecule has 0 unspecified atom stereocenters. The van der Waals surface area contributed by atoms with Crippen molar-refractivity contribution < 1.29 is 23.7 Å². The van der Waals surface area contributed by atoms with Gasteiger partial charge in [0, 0.05) is 24.6 Å². The Balaban J connectivity index is 1.54. The number of morpholine rings is 1. The molecule has 3 heterocycles. The van der Waals surface area contributed by atoms with Crippen LogP contribution < -0.4 is 9.47 Å². The van der Waals surface area contributed by atoms with Crippen molar-refractivity contribution in [2.45, 2.75) is 51.4 Å². The van der Waals surface area contributed by atoms with Crippen molar-refractivity contribution in [2.75, 3.05) is 32.9 Å². The van der Waals surface area contributed by atoms with Crippen LogP contribution in [0.3, 0.4) is 0 Å². The largest absolute Gasteiger partial charge is 0.483 e. The smallest absolute Gasteiger partial charge is 0.260 e. The van der Waals surface area contributed by atoms with Crippen LogP contribution in [0.4, 0.5) is 0 Å². The molecule has 2 saturated heterocycles. The van der Waals surface area contributed by atoms with E-state index in [0.29, 0.717) is 43.7 Å². The molecule has 1 aromatic carbocycles. The van der Waals surface area contributed by atoms with Crippen molar-refractivity contribution in [3.8, 4) is 11.5 Å². The molecule has 0 N–H and O–H groups in total. The van der Waals surface area contributed by atoms with Gasteiger partial charge in [0.25, 0.3) is 5.91 Å². The summed E-state index contributed by atoms with van der Waals surface area (Å²) in [5, 5.41) is 0. The fraction of sp³-hybridized carbons (Fsp3) is 0.667. The van der Waals surface area contributed by atoms with E-state index < -0.39 is 0 Å². The van der Waals surface area contributed by atoms with Crippen molar-refractivity contribution in [1.82, 2.24) is 4.90 Å². The Labute approximate surface area is 160 Å². The highest BCUT2D eigenvalue weighted by Gasteiger charge is 2.47. The number of benzene rings is 1. The average molecular weight is 375 g/mol. The van der Waals surface area contributed by atoms with E-state index in [9.17, 15) is 4.79 Å². The highest BCUT2D eigenvalue weighted by Crippen LogP contribution is 2.53. The summed E-state index contributed by atoms with van der Waals surface area (Å²) < 4.78 is 23.9. The lowest BCUT2D eigenvalue weighted by Gasteiger charge is -2.48. The first-order chi connectivity index (χ1) is 13.0. The molecular weight excluding hydrogens is 346 g/mol. The van der Waals surface area contributed by atoms with E-state index in [1.54, 1.807) is 4.90 Å². The lowest BCUT2D eigenvalue weighted by atomic mass is 9.75. The molecule has 0 aromatic heterocycles. The van der Waals surface area contributed by atoms with Gasteiger partial charge in [-0.05, 0) is 39.7 Å². The number of carbonyl (C=O) groups is 1. The summed E-state index contributed by atoms with van der Waals surface area (Å²) >= 11 is 0. The van der Waals surface area contributed by atoms with Gasteiger partial charge in [0.15, 0.2) is 18.1 Å². The number of rotatable bonds is 3. The van der Waals surface area contributed by atoms with E-state index in [1.807, 2.05) is 12.1 Å². The second kappa shape index (κ2) is 7.32. The second-order valence-corrected chi connectivity index (χ2v) is 8.21. The minimum absolute atomic E-state index is 0.00555. The number of amides is 1. The SMILES string of the molecule is C[C@H]1CC[C@H]2[C@H](O1)c1cccc(OCC(=O)N3CCOCC3)c1OC2(C)C. The van der Waals surface area contributed by atoms with Crippen LogP contribution in [0.2, 0.25) is 0 Å². The Hall–Kier alpha value is -1.79. The number of ether oxygens (including phenoxy) is 4. The van der Waals surface area contributed by atoms with E-state index in [-0.39, 0.29) is 30.3 Å². The van der Waals surface area contributed by atoms with Gasteiger partial charge in [0.2, 0.25) is 0 Å². The highest BCUT2D eigenvalue weighted by molar-refractivity contribution is 5.78. The predicted octanol–water partition coefficient (Wildman–Crippen LogP) is 2.95. The average Bonchev–Trinajstić information content (AvgIpc) is 2.66. The maximum atomic E-state index is 12.4. The standard InChI is InChI=1S/C21H29NO5/c1-14-7-8-16-19(26-14)15-5-4-6-17(20(15)27-21(16,2)3)25-13-18(23)22-9-11-24-12-10-22/h4-6,14,16,19H,7-13H2,1-3H3/t14-,16-,19+/m0/s1. The molecule has 1 aromatic rings. The molecule has 0 aliphatic carbocycles. The third kappa shape index (κ3) is 3.65. The minimum atomic E-state index is -0.342. The molecule has 6 nitrogen and oxygen atoms in total. The van der Waals surface area contributed by atoms with Crippen LogP contribution in [0.1, 0.15) is 45.3 Å². The zero-order valence-corrected chi connectivity index (χ0v) is 16.4. The maximum Gasteiger partial charge on any atom is 0.260 e. The van der Waals surface area contributed by atoms with Crippen LogP contribution in [0, 0.1) is 5.92 Å². The number of para-hydroxylation sites is 1. The summed E-state index contributed by atoms with van der Waals surface area (Å²) in [6, 6.07) is 5.87. The summed E-state index contributed by atoms with van der Waals surface area (Å²) in [5.41, 5.74) is 0.688. The number of hydrogen-bond acceptors (Lipinski definition) is 5. The minimum Gasteiger partial charge on any atom is -0.483 e. The topological polar surface area (TPSA) is 57.2 Å². The number of hydrogen-bond donors (Lipinski definition) is 0. The summed E-state index contributed by atoms with van der Waals surface area (Å²) in [6.07, 6.45) is 2.37. The van der Waals surface area contributed by atoms with Gasteiger partial charge < -0.3 is 23.8 Å². The molecule has 27 heavy (non-hydrogen) atoms. The maximum absolute atomic E-state index is 12.4. The lowest BCUT2D eigenvalue weighted by Crippen LogP contribution is -2.48. The highest BCUT2D eigenvalue weighted by atomic mass is 16.5. The lowest BCUT2D eigenvalue weighted by molar-refractivity contribution is -0.145. The first kappa shape index (κ1) is 18.6. The van der Waals surface area contributed by atoms with Crippen molar-refractivity contribution >= 4 is 5.91 Å². The van der Waals surface area contributed by atoms with Crippen molar-refractivity contribution in [3.05, 3.63) is 23.8 Å². The molecule has 4 rings (SSSR count). The fourth-order valence-electron chi connectivity index (χ4n) is 4.34. The van der Waals surface area contributed by atoms with E-state index in [4.69, 9.17) is 18.9 Å². The Morgan fingerprint density at radius 1 is 1.26 bits per heavy atom. The third-order valence-electron chi connectivity index (χ3n) is 5.92. The molecule has 3 atom stereocenters. The number of fused-ring (bicyclic) bond motifs is 3. The molecule has 2 fully saturated rings. The summed E-state index contributed by atoms with van der Waals surface area (Å²) in [4.78, 5) is 14.2. The fourth-order valence-corrected chi connectivity index (χ4v) is 4.34. The molecule has 3 aliphatic heterocycles. The second-order valence-electron chi connectivity index (χ2n) is 8.21. The first-order valence-corrected chi connectivity index (χ1v) is 9.91. The van der Waals surface area contributed by atoms with Gasteiger partial charge >= 0.3 is 0 Å². The summed E-state index contributed by atoms with van der Waals surface area (Å²) in [7, 11) is 0. The number of carbonyl (C=O) groups excluding carboxylic acids is 1. The zero-order valence-electron chi connectivity index (χ0n) is 16.4. The van der Waals surface area contributed by atoms with Crippen molar-refractivity contribution in [2.24, 2.45) is 5.92 Å². The Kier molecular flexibility index (Phi) is 5.03. The first-order valence-electron chi connectivity index (χ1n) is 9.91. The van der Waals surface area contributed by atoms with Gasteiger partial charge in [0.1, 0.15) is 5.60 Å². The quantitative estimate of drug-likeness (QED) is 0.813. The van der Waals surface area contributed by atoms with Gasteiger partial charge in [-0.3, -0.25) is 4.79 Å². The molecule has 0 radical (unpaired) electrons. The molecule has 3 aliphatic rings. The molecule has 0 saturated carbocycles. The number of nitrogens with zero attached hydrogens (tertiary/aromatic N) is 1. The third-order valence-corrected chi connectivity index (χ3v) is 5.92. The van der Waals surface area contributed by atoms with Gasteiger partial charge in [-0.25, -0.2) is 0 Å². The Morgan fingerprint density at radius 3 is 2.81 bits per heavy atom. The molecule has 1 amide bonds. The van der Waals surface area contributed by atoms with Gasteiger partial charge in [-0.15, -0.1) is 0 Å².